The molecule has 1 aliphatic heterocycles. The monoisotopic (exact) mass is 449 g/mol. The summed E-state index contributed by atoms with van der Waals surface area (Å²) in [5.74, 6) is 0.849. The number of carbonyl (C=O) groups is 1. The first kappa shape index (κ1) is 22.2. The summed E-state index contributed by atoms with van der Waals surface area (Å²) in [4.78, 5) is 23.9. The van der Waals surface area contributed by atoms with Gasteiger partial charge in [0.2, 0.25) is 0 Å². The van der Waals surface area contributed by atoms with Crippen molar-refractivity contribution in [3.05, 3.63) is 83.3 Å². The van der Waals surface area contributed by atoms with Crippen molar-refractivity contribution in [1.82, 2.24) is 14.9 Å². The molecule has 1 amide bonds. The molecule has 2 aromatic heterocycles. The van der Waals surface area contributed by atoms with E-state index in [4.69, 9.17) is 11.6 Å². The van der Waals surface area contributed by atoms with Gasteiger partial charge in [-0.2, -0.15) is 0 Å². The van der Waals surface area contributed by atoms with Crippen LogP contribution >= 0.6 is 11.6 Å². The maximum absolute atomic E-state index is 12.8. The number of hydrogen-bond donors (Lipinski definition) is 2. The highest BCUT2D eigenvalue weighted by molar-refractivity contribution is 6.30. The van der Waals surface area contributed by atoms with E-state index in [-0.39, 0.29) is 5.91 Å². The molecule has 1 unspecified atom stereocenters. The highest BCUT2D eigenvalue weighted by Crippen LogP contribution is 2.26. The van der Waals surface area contributed by atoms with Crippen LogP contribution in [0.25, 0.3) is 0 Å². The lowest BCUT2D eigenvalue weighted by atomic mass is 9.95. The molecule has 1 fully saturated rings. The number of piperidine rings is 1. The van der Waals surface area contributed by atoms with Crippen LogP contribution in [0.15, 0.2) is 67.0 Å². The molecule has 0 bridgehead atoms. The third kappa shape index (κ3) is 5.64. The van der Waals surface area contributed by atoms with Gasteiger partial charge >= 0.3 is 0 Å². The highest BCUT2D eigenvalue weighted by Gasteiger charge is 2.24. The van der Waals surface area contributed by atoms with Crippen LogP contribution in [0.1, 0.15) is 41.9 Å². The van der Waals surface area contributed by atoms with Crippen molar-refractivity contribution in [2.45, 2.75) is 25.8 Å². The topological polar surface area (TPSA) is 70.2 Å². The van der Waals surface area contributed by atoms with E-state index < -0.39 is 0 Å². The fraction of sp³-hybridized carbons (Fsp3) is 0.320. The zero-order valence-electron chi connectivity index (χ0n) is 18.2. The third-order valence-corrected chi connectivity index (χ3v) is 6.26. The number of anilines is 2. The molecule has 0 radical (unpaired) electrons. The molecule has 6 nitrogen and oxygen atoms in total. The number of benzene rings is 1. The summed E-state index contributed by atoms with van der Waals surface area (Å²) in [5, 5.41) is 6.87. The van der Waals surface area contributed by atoms with Gasteiger partial charge in [0, 0.05) is 30.7 Å². The molecule has 0 saturated carbocycles. The lowest BCUT2D eigenvalue weighted by molar-refractivity contribution is 0.102. The lowest BCUT2D eigenvalue weighted by Crippen LogP contribution is -2.37. The number of carbonyl (C=O) groups excluding carboxylic acids is 1. The Hall–Kier alpha value is -2.96. The summed E-state index contributed by atoms with van der Waals surface area (Å²) in [6.07, 6.45) is 5.61. The molecule has 32 heavy (non-hydrogen) atoms. The molecule has 4 rings (SSSR count). The van der Waals surface area contributed by atoms with Crippen molar-refractivity contribution in [1.29, 1.82) is 0 Å². The molecule has 3 aromatic rings. The van der Waals surface area contributed by atoms with Gasteiger partial charge in [-0.1, -0.05) is 29.8 Å². The van der Waals surface area contributed by atoms with Gasteiger partial charge in [0.1, 0.15) is 5.82 Å². The molecule has 1 aliphatic rings. The zero-order chi connectivity index (χ0) is 22.3. The minimum Gasteiger partial charge on any atom is -0.384 e. The Morgan fingerprint density at radius 1 is 1.09 bits per heavy atom. The number of aromatic nitrogens is 2. The van der Waals surface area contributed by atoms with Crippen LogP contribution in [0.4, 0.5) is 11.5 Å². The maximum atomic E-state index is 12.8. The number of pyridine rings is 2. The predicted octanol–water partition coefficient (Wildman–Crippen LogP) is 5.27. The molecule has 1 aromatic carbocycles. The van der Waals surface area contributed by atoms with Gasteiger partial charge in [0.25, 0.3) is 5.91 Å². The van der Waals surface area contributed by atoms with Crippen LogP contribution in [-0.4, -0.2) is 40.4 Å². The van der Waals surface area contributed by atoms with E-state index >= 15 is 0 Å². The Bertz CT molecular complexity index is 1020. The molecule has 1 atom stereocenters. The van der Waals surface area contributed by atoms with Crippen molar-refractivity contribution in [3.63, 3.8) is 0 Å². The fourth-order valence-corrected chi connectivity index (χ4v) is 4.19. The first-order valence-corrected chi connectivity index (χ1v) is 11.4. The Morgan fingerprint density at radius 3 is 2.59 bits per heavy atom. The van der Waals surface area contributed by atoms with Gasteiger partial charge in [-0.05, 0) is 75.2 Å². The van der Waals surface area contributed by atoms with Crippen LogP contribution in [0, 0.1) is 5.92 Å². The standard InChI is InChI=1S/C25H28ClN5O/c1-18(22-7-4-5-13-27-22)31-14-11-19(12-15-31)16-28-23-8-3-2-6-21(23)25(32)30-24-10-9-20(26)17-29-24/h2-10,13,17-19,28H,11-12,14-16H2,1H3,(H,29,30,32). The van der Waals surface area contributed by atoms with Gasteiger partial charge in [-0.15, -0.1) is 0 Å². The summed E-state index contributed by atoms with van der Waals surface area (Å²) in [7, 11) is 0. The average molecular weight is 450 g/mol. The molecule has 7 heteroatoms. The van der Waals surface area contributed by atoms with Crippen molar-refractivity contribution in [2.24, 2.45) is 5.92 Å². The van der Waals surface area contributed by atoms with Crippen LogP contribution in [0.3, 0.4) is 0 Å². The van der Waals surface area contributed by atoms with E-state index in [1.807, 2.05) is 42.6 Å². The van der Waals surface area contributed by atoms with E-state index in [9.17, 15) is 4.79 Å². The summed E-state index contributed by atoms with van der Waals surface area (Å²) in [5.41, 5.74) is 2.56. The van der Waals surface area contributed by atoms with Crippen LogP contribution < -0.4 is 10.6 Å². The zero-order valence-corrected chi connectivity index (χ0v) is 18.9. The molecule has 0 spiro atoms. The van der Waals surface area contributed by atoms with Gasteiger partial charge in [-0.25, -0.2) is 4.98 Å². The van der Waals surface area contributed by atoms with Crippen LogP contribution in [0.2, 0.25) is 5.02 Å². The third-order valence-electron chi connectivity index (χ3n) is 6.03. The van der Waals surface area contributed by atoms with Crippen molar-refractivity contribution in [3.8, 4) is 0 Å². The number of halogens is 1. The largest absolute Gasteiger partial charge is 0.384 e. The molecule has 2 N–H and O–H groups in total. The molecular formula is C25H28ClN5O. The summed E-state index contributed by atoms with van der Waals surface area (Å²) in [6, 6.07) is 17.4. The van der Waals surface area contributed by atoms with Crippen LogP contribution in [-0.2, 0) is 0 Å². The van der Waals surface area contributed by atoms with Gasteiger partial charge in [0.05, 0.1) is 16.3 Å². The SMILES string of the molecule is CC(c1ccccn1)N1CCC(CNc2ccccc2C(=O)Nc2ccc(Cl)cn2)CC1. The van der Waals surface area contributed by atoms with E-state index in [0.29, 0.717) is 28.4 Å². The van der Waals surface area contributed by atoms with E-state index in [0.717, 1.165) is 43.9 Å². The number of nitrogens with zero attached hydrogens (tertiary/aromatic N) is 3. The first-order valence-electron chi connectivity index (χ1n) is 11.0. The second kappa shape index (κ2) is 10.6. The minimum absolute atomic E-state index is 0.193. The number of para-hydroxylation sites is 1. The smallest absolute Gasteiger partial charge is 0.258 e. The Balaban J connectivity index is 1.31. The Morgan fingerprint density at radius 2 is 1.88 bits per heavy atom. The fourth-order valence-electron chi connectivity index (χ4n) is 4.08. The summed E-state index contributed by atoms with van der Waals surface area (Å²) < 4.78 is 0. The average Bonchev–Trinajstić information content (AvgIpc) is 2.85. The summed E-state index contributed by atoms with van der Waals surface area (Å²) >= 11 is 5.87. The minimum atomic E-state index is -0.193. The highest BCUT2D eigenvalue weighted by atomic mass is 35.5. The van der Waals surface area contributed by atoms with Gasteiger partial charge < -0.3 is 10.6 Å². The van der Waals surface area contributed by atoms with Crippen molar-refractivity contribution in [2.75, 3.05) is 30.3 Å². The molecule has 0 aliphatic carbocycles. The number of amides is 1. The molecule has 3 heterocycles. The predicted molar refractivity (Wildman–Crippen MR) is 129 cm³/mol. The second-order valence-electron chi connectivity index (χ2n) is 8.15. The Kier molecular flexibility index (Phi) is 7.35. The lowest BCUT2D eigenvalue weighted by Gasteiger charge is -2.36. The second-order valence-corrected chi connectivity index (χ2v) is 8.59. The normalized spacial score (nSPS) is 15.8. The number of likely N-dealkylation sites (tertiary alicyclic amines) is 1. The van der Waals surface area contributed by atoms with Gasteiger partial charge in [-0.3, -0.25) is 14.7 Å². The van der Waals surface area contributed by atoms with Crippen molar-refractivity contribution >= 4 is 29.0 Å². The summed E-state index contributed by atoms with van der Waals surface area (Å²) in [6.45, 7) is 5.17. The number of hydrogen-bond acceptors (Lipinski definition) is 5. The molecule has 1 saturated heterocycles. The van der Waals surface area contributed by atoms with E-state index in [1.165, 1.54) is 6.20 Å². The number of rotatable bonds is 7. The van der Waals surface area contributed by atoms with Crippen molar-refractivity contribution < 1.29 is 4.79 Å². The Labute approximate surface area is 194 Å². The molecule has 166 valence electrons. The quantitative estimate of drug-likeness (QED) is 0.514. The molecular weight excluding hydrogens is 422 g/mol. The first-order chi connectivity index (χ1) is 15.6. The van der Waals surface area contributed by atoms with E-state index in [1.54, 1.807) is 12.1 Å². The maximum Gasteiger partial charge on any atom is 0.258 e. The van der Waals surface area contributed by atoms with Crippen LogP contribution in [0.5, 0.6) is 0 Å². The van der Waals surface area contributed by atoms with E-state index in [2.05, 4.69) is 38.5 Å². The van der Waals surface area contributed by atoms with Gasteiger partial charge in [0.15, 0.2) is 0 Å². The number of nitrogens with one attached hydrogen (secondary N) is 2.